The molecule has 0 fully saturated rings. The van der Waals surface area contributed by atoms with Gasteiger partial charge in [-0.1, -0.05) is 17.7 Å². The van der Waals surface area contributed by atoms with E-state index in [-0.39, 0.29) is 18.7 Å². The van der Waals surface area contributed by atoms with Crippen molar-refractivity contribution in [1.29, 1.82) is 0 Å². The normalized spacial score (nSPS) is 12.0. The zero-order valence-corrected chi connectivity index (χ0v) is 11.5. The second-order valence-corrected chi connectivity index (χ2v) is 4.73. The summed E-state index contributed by atoms with van der Waals surface area (Å²) in [7, 11) is 1.65. The molecule has 1 atom stereocenters. The van der Waals surface area contributed by atoms with Crippen LogP contribution in [0.3, 0.4) is 0 Å². The van der Waals surface area contributed by atoms with Crippen molar-refractivity contribution in [2.75, 3.05) is 11.9 Å². The van der Waals surface area contributed by atoms with Crippen LogP contribution < -0.4 is 10.6 Å². The molecule has 1 aromatic rings. The van der Waals surface area contributed by atoms with Crippen LogP contribution in [0.1, 0.15) is 24.0 Å². The summed E-state index contributed by atoms with van der Waals surface area (Å²) in [6.07, 6.45) is 0.0387. The van der Waals surface area contributed by atoms with Gasteiger partial charge in [0.1, 0.15) is 0 Å². The fraction of sp³-hybridized carbons (Fsp3) is 0.429. The van der Waals surface area contributed by atoms with Gasteiger partial charge in [-0.3, -0.25) is 9.59 Å². The molecule has 5 heteroatoms. The molecule has 0 aliphatic rings. The summed E-state index contributed by atoms with van der Waals surface area (Å²) < 4.78 is 0. The largest absolute Gasteiger partial charge is 0.481 e. The number of nitrogens with two attached hydrogens (primary N) is 1. The Kier molecular flexibility index (Phi) is 5.06. The molecular weight excluding hydrogens is 244 g/mol. The van der Waals surface area contributed by atoms with Gasteiger partial charge in [0.15, 0.2) is 0 Å². The van der Waals surface area contributed by atoms with E-state index in [0.29, 0.717) is 0 Å². The number of carboxylic acids is 1. The van der Waals surface area contributed by atoms with Crippen LogP contribution in [0.5, 0.6) is 0 Å². The molecule has 0 spiro atoms. The molecule has 0 bridgehead atoms. The minimum atomic E-state index is -0.947. The minimum Gasteiger partial charge on any atom is -0.481 e. The van der Waals surface area contributed by atoms with E-state index >= 15 is 0 Å². The monoisotopic (exact) mass is 264 g/mol. The molecule has 0 heterocycles. The molecule has 0 radical (unpaired) electrons. The van der Waals surface area contributed by atoms with Crippen molar-refractivity contribution in [2.24, 2.45) is 5.73 Å². The van der Waals surface area contributed by atoms with E-state index < -0.39 is 12.0 Å². The molecule has 0 saturated heterocycles. The number of anilines is 1. The molecular formula is C14H20N2O3. The Hall–Kier alpha value is -1.88. The average molecular weight is 264 g/mol. The van der Waals surface area contributed by atoms with Crippen LogP contribution in [0.15, 0.2) is 18.2 Å². The summed E-state index contributed by atoms with van der Waals surface area (Å²) in [6.45, 7) is 3.91. The first kappa shape index (κ1) is 15.2. The maximum atomic E-state index is 12.1. The number of carbonyl (C=O) groups is 2. The smallest absolute Gasteiger partial charge is 0.303 e. The third kappa shape index (κ3) is 4.06. The Morgan fingerprint density at radius 1 is 1.37 bits per heavy atom. The van der Waals surface area contributed by atoms with Crippen molar-refractivity contribution in [2.45, 2.75) is 32.7 Å². The molecule has 0 aliphatic carbocycles. The lowest BCUT2D eigenvalue weighted by atomic mass is 10.1. The molecule has 0 aliphatic heterocycles. The molecule has 1 aromatic carbocycles. The van der Waals surface area contributed by atoms with Gasteiger partial charge in [0, 0.05) is 19.2 Å². The first-order chi connectivity index (χ1) is 8.82. The van der Waals surface area contributed by atoms with Crippen LogP contribution in [-0.4, -0.2) is 30.1 Å². The van der Waals surface area contributed by atoms with E-state index in [1.54, 1.807) is 7.05 Å². The first-order valence-electron chi connectivity index (χ1n) is 6.15. The molecule has 1 rings (SSSR count). The Labute approximate surface area is 113 Å². The average Bonchev–Trinajstić information content (AvgIpc) is 2.34. The van der Waals surface area contributed by atoms with Crippen molar-refractivity contribution < 1.29 is 14.7 Å². The number of carboxylic acid groups (broad SMARTS) is 1. The topological polar surface area (TPSA) is 83.6 Å². The number of amides is 1. The number of hydrogen-bond acceptors (Lipinski definition) is 3. The molecule has 5 nitrogen and oxygen atoms in total. The standard InChI is InChI=1S/C14H20N2O3/c1-9-4-6-12(10(2)8-9)16(3)14(19)11(15)5-7-13(17)18/h4,6,8,11H,5,7,15H2,1-3H3,(H,17,18). The van der Waals surface area contributed by atoms with Crippen molar-refractivity contribution >= 4 is 17.6 Å². The van der Waals surface area contributed by atoms with Crippen molar-refractivity contribution in [3.8, 4) is 0 Å². The van der Waals surface area contributed by atoms with Crippen LogP contribution in [-0.2, 0) is 9.59 Å². The molecule has 19 heavy (non-hydrogen) atoms. The summed E-state index contributed by atoms with van der Waals surface area (Å²) in [6, 6.07) is 4.99. The second-order valence-electron chi connectivity index (χ2n) is 4.73. The van der Waals surface area contributed by atoms with Crippen molar-refractivity contribution in [1.82, 2.24) is 0 Å². The van der Waals surface area contributed by atoms with Gasteiger partial charge < -0.3 is 15.7 Å². The third-order valence-electron chi connectivity index (χ3n) is 3.03. The molecule has 0 saturated carbocycles. The number of rotatable bonds is 5. The maximum absolute atomic E-state index is 12.1. The highest BCUT2D eigenvalue weighted by atomic mass is 16.4. The maximum Gasteiger partial charge on any atom is 0.303 e. The van der Waals surface area contributed by atoms with Gasteiger partial charge in [-0.15, -0.1) is 0 Å². The molecule has 1 amide bonds. The van der Waals surface area contributed by atoms with E-state index in [1.807, 2.05) is 32.0 Å². The Morgan fingerprint density at radius 2 is 2.00 bits per heavy atom. The predicted octanol–water partition coefficient (Wildman–Crippen LogP) is 1.46. The fourth-order valence-corrected chi connectivity index (χ4v) is 1.95. The van der Waals surface area contributed by atoms with Crippen molar-refractivity contribution in [3.05, 3.63) is 29.3 Å². The van der Waals surface area contributed by atoms with E-state index in [4.69, 9.17) is 10.8 Å². The van der Waals surface area contributed by atoms with E-state index in [0.717, 1.165) is 16.8 Å². The summed E-state index contributed by atoms with van der Waals surface area (Å²) in [5, 5.41) is 8.59. The SMILES string of the molecule is Cc1ccc(N(C)C(=O)C(N)CCC(=O)O)c(C)c1. The summed E-state index contributed by atoms with van der Waals surface area (Å²) in [5.74, 6) is -1.22. The van der Waals surface area contributed by atoms with E-state index in [1.165, 1.54) is 4.90 Å². The summed E-state index contributed by atoms with van der Waals surface area (Å²) in [4.78, 5) is 24.1. The van der Waals surface area contributed by atoms with Gasteiger partial charge in [0.25, 0.3) is 0 Å². The number of nitrogens with zero attached hydrogens (tertiary/aromatic N) is 1. The van der Waals surface area contributed by atoms with Gasteiger partial charge in [0.05, 0.1) is 6.04 Å². The van der Waals surface area contributed by atoms with Crippen LogP contribution in [0.25, 0.3) is 0 Å². The van der Waals surface area contributed by atoms with Crippen LogP contribution in [0, 0.1) is 13.8 Å². The Bertz CT molecular complexity index is 486. The highest BCUT2D eigenvalue weighted by molar-refractivity contribution is 5.97. The highest BCUT2D eigenvalue weighted by Crippen LogP contribution is 2.20. The number of likely N-dealkylation sites (N-methyl/N-ethyl adjacent to an activating group) is 1. The minimum absolute atomic E-state index is 0.104. The number of aryl methyl sites for hydroxylation is 2. The zero-order valence-electron chi connectivity index (χ0n) is 11.5. The van der Waals surface area contributed by atoms with Gasteiger partial charge in [-0.05, 0) is 31.9 Å². The number of aliphatic carboxylic acids is 1. The second kappa shape index (κ2) is 6.33. The molecule has 104 valence electrons. The fourth-order valence-electron chi connectivity index (χ4n) is 1.95. The van der Waals surface area contributed by atoms with Crippen LogP contribution in [0.4, 0.5) is 5.69 Å². The zero-order chi connectivity index (χ0) is 14.6. The first-order valence-corrected chi connectivity index (χ1v) is 6.15. The van der Waals surface area contributed by atoms with Gasteiger partial charge in [0.2, 0.25) is 5.91 Å². The van der Waals surface area contributed by atoms with Crippen molar-refractivity contribution in [3.63, 3.8) is 0 Å². The molecule has 3 N–H and O–H groups in total. The highest BCUT2D eigenvalue weighted by Gasteiger charge is 2.20. The number of benzene rings is 1. The lowest BCUT2D eigenvalue weighted by Crippen LogP contribution is -2.42. The van der Waals surface area contributed by atoms with Gasteiger partial charge in [-0.2, -0.15) is 0 Å². The predicted molar refractivity (Wildman–Crippen MR) is 74.2 cm³/mol. The van der Waals surface area contributed by atoms with E-state index in [2.05, 4.69) is 0 Å². The molecule has 1 unspecified atom stereocenters. The third-order valence-corrected chi connectivity index (χ3v) is 3.03. The van der Waals surface area contributed by atoms with E-state index in [9.17, 15) is 9.59 Å². The van der Waals surface area contributed by atoms with Crippen LogP contribution in [0.2, 0.25) is 0 Å². The lowest BCUT2D eigenvalue weighted by molar-refractivity contribution is -0.137. The number of hydrogen-bond donors (Lipinski definition) is 2. The molecule has 0 aromatic heterocycles. The summed E-state index contributed by atoms with van der Waals surface area (Å²) in [5.41, 5.74) is 8.63. The quantitative estimate of drug-likeness (QED) is 0.843. The van der Waals surface area contributed by atoms with Gasteiger partial charge >= 0.3 is 5.97 Å². The summed E-state index contributed by atoms with van der Waals surface area (Å²) >= 11 is 0. The lowest BCUT2D eigenvalue weighted by Gasteiger charge is -2.23. The number of carbonyl (C=O) groups excluding carboxylic acids is 1. The van der Waals surface area contributed by atoms with Gasteiger partial charge in [-0.25, -0.2) is 0 Å². The van der Waals surface area contributed by atoms with Crippen LogP contribution >= 0.6 is 0 Å². The Balaban J connectivity index is 2.78. The Morgan fingerprint density at radius 3 is 2.53 bits per heavy atom.